The second-order valence-corrected chi connectivity index (χ2v) is 12.9. The number of aromatic nitrogens is 2. The number of nitriles is 1. The third-order valence-corrected chi connectivity index (χ3v) is 10.1. The molecular weight excluding hydrogens is 606 g/mol. The van der Waals surface area contributed by atoms with Gasteiger partial charge in [-0.1, -0.05) is 24.1 Å². The second-order valence-electron chi connectivity index (χ2n) is 12.9. The quantitative estimate of drug-likeness (QED) is 0.147. The van der Waals surface area contributed by atoms with Gasteiger partial charge < -0.3 is 16.0 Å². The molecule has 3 aliphatic heterocycles. The highest BCUT2D eigenvalue weighted by molar-refractivity contribution is 6.14. The maximum Gasteiger partial charge on any atom is 0.159 e. The lowest BCUT2D eigenvalue weighted by Gasteiger charge is -2.32. The van der Waals surface area contributed by atoms with Crippen molar-refractivity contribution < 1.29 is 8.78 Å². The minimum atomic E-state index is -0.559. The van der Waals surface area contributed by atoms with Crippen molar-refractivity contribution in [2.24, 2.45) is 4.99 Å². The van der Waals surface area contributed by atoms with Gasteiger partial charge in [-0.2, -0.15) is 5.26 Å². The molecule has 0 radical (unpaired) electrons. The van der Waals surface area contributed by atoms with E-state index in [0.29, 0.717) is 45.3 Å². The maximum absolute atomic E-state index is 17.3. The van der Waals surface area contributed by atoms with Crippen LogP contribution in [0.4, 0.5) is 20.3 Å². The highest BCUT2D eigenvalue weighted by Gasteiger charge is 2.43. The number of halogens is 2. The number of nitrogen functional groups attached to an aromatic ring is 1. The van der Waals surface area contributed by atoms with Crippen LogP contribution in [0.25, 0.3) is 32.8 Å². The Bertz CT molecular complexity index is 1970. The zero-order valence-electron chi connectivity index (χ0n) is 28.0. The fraction of sp³-hybridized carbons (Fsp3) is 0.421. The first-order valence-electron chi connectivity index (χ1n) is 16.7. The van der Waals surface area contributed by atoms with Gasteiger partial charge in [0.1, 0.15) is 23.0 Å². The third-order valence-electron chi connectivity index (χ3n) is 10.1. The summed E-state index contributed by atoms with van der Waals surface area (Å²) in [6.07, 6.45) is 13.9. The van der Waals surface area contributed by atoms with Gasteiger partial charge in [-0.05, 0) is 74.7 Å². The summed E-state index contributed by atoms with van der Waals surface area (Å²) in [5.74, 6) is 2.71. The van der Waals surface area contributed by atoms with Crippen molar-refractivity contribution in [3.05, 3.63) is 58.4 Å². The number of rotatable bonds is 6. The van der Waals surface area contributed by atoms with E-state index in [1.54, 1.807) is 25.4 Å². The largest absolute Gasteiger partial charge is 0.398 e. The summed E-state index contributed by atoms with van der Waals surface area (Å²) in [4.78, 5) is 19.2. The lowest BCUT2D eigenvalue weighted by Crippen LogP contribution is -2.44. The summed E-state index contributed by atoms with van der Waals surface area (Å²) >= 11 is 0. The van der Waals surface area contributed by atoms with Crippen LogP contribution in [0.5, 0.6) is 0 Å². The average Bonchev–Trinajstić information content (AvgIpc) is 3.67. The molecular formula is C38H42F2N8. The smallest absolute Gasteiger partial charge is 0.159 e. The molecule has 0 spiro atoms. The van der Waals surface area contributed by atoms with Gasteiger partial charge in [-0.25, -0.2) is 18.7 Å². The predicted octanol–water partition coefficient (Wildman–Crippen LogP) is 6.15. The third kappa shape index (κ3) is 5.85. The predicted molar refractivity (Wildman–Crippen MR) is 190 cm³/mol. The zero-order chi connectivity index (χ0) is 34.0. The number of hydrogen-bond donors (Lipinski definition) is 2. The van der Waals surface area contributed by atoms with Crippen LogP contribution >= 0.6 is 0 Å². The number of anilines is 2. The number of nitrogens with one attached hydrogen (secondary N) is 1. The van der Waals surface area contributed by atoms with Crippen LogP contribution in [0.15, 0.2) is 29.3 Å². The van der Waals surface area contributed by atoms with Gasteiger partial charge in [0.05, 0.1) is 22.7 Å². The Morgan fingerprint density at radius 1 is 1.10 bits per heavy atom. The molecule has 0 aliphatic carbocycles. The van der Waals surface area contributed by atoms with Gasteiger partial charge >= 0.3 is 0 Å². The lowest BCUT2D eigenvalue weighted by atomic mass is 9.88. The van der Waals surface area contributed by atoms with Crippen molar-refractivity contribution in [1.29, 1.82) is 5.26 Å². The fourth-order valence-electron chi connectivity index (χ4n) is 8.06. The van der Waals surface area contributed by atoms with Crippen LogP contribution < -0.4 is 16.0 Å². The highest BCUT2D eigenvalue weighted by atomic mass is 19.1. The molecule has 0 amide bonds. The summed E-state index contributed by atoms with van der Waals surface area (Å²) in [6, 6.07) is 8.51. The zero-order valence-corrected chi connectivity index (χ0v) is 28.0. The van der Waals surface area contributed by atoms with Gasteiger partial charge in [0, 0.05) is 74.8 Å². The van der Waals surface area contributed by atoms with Crippen molar-refractivity contribution in [3.63, 3.8) is 0 Å². The highest BCUT2D eigenvalue weighted by Crippen LogP contribution is 2.45. The number of hydrogen-bond acceptors (Lipinski definition) is 8. The molecule has 3 N–H and O–H groups in total. The SMILES string of the molecule is C#Cc1c(F)ccc2cc(C)cc(-c3c(N)c(C=NC)c4c(N5CCNCC5)nc(CCC56CCCN5CCC6)nc4c3F)c12.CC#N. The normalized spacial score (nSPS) is 17.4. The number of terminal acetylenes is 1. The molecule has 3 aliphatic rings. The van der Waals surface area contributed by atoms with E-state index in [1.807, 2.05) is 19.1 Å². The molecule has 248 valence electrons. The van der Waals surface area contributed by atoms with Crippen molar-refractivity contribution >= 4 is 39.4 Å². The minimum Gasteiger partial charge on any atom is -0.398 e. The van der Waals surface area contributed by atoms with E-state index < -0.39 is 11.6 Å². The molecule has 4 heterocycles. The van der Waals surface area contributed by atoms with Gasteiger partial charge in [0.15, 0.2) is 5.82 Å². The molecule has 4 aromatic rings. The van der Waals surface area contributed by atoms with E-state index in [9.17, 15) is 0 Å². The van der Waals surface area contributed by atoms with E-state index >= 15 is 8.78 Å². The molecule has 3 aromatic carbocycles. The number of aryl methyl sites for hydroxylation is 2. The fourth-order valence-corrected chi connectivity index (χ4v) is 8.06. The van der Waals surface area contributed by atoms with Gasteiger partial charge in [0.2, 0.25) is 0 Å². The van der Waals surface area contributed by atoms with Gasteiger partial charge in [-0.3, -0.25) is 9.89 Å². The number of nitrogens with two attached hydrogens (primary N) is 1. The van der Waals surface area contributed by atoms with Crippen LogP contribution in [-0.4, -0.2) is 72.9 Å². The van der Waals surface area contributed by atoms with E-state index in [0.717, 1.165) is 51.3 Å². The summed E-state index contributed by atoms with van der Waals surface area (Å²) in [5.41, 5.74) is 9.59. The van der Waals surface area contributed by atoms with Crippen molar-refractivity contribution in [1.82, 2.24) is 20.2 Å². The Labute approximate surface area is 281 Å². The number of nitrogens with zero attached hydrogens (tertiary/aromatic N) is 6. The Morgan fingerprint density at radius 2 is 1.81 bits per heavy atom. The van der Waals surface area contributed by atoms with E-state index in [2.05, 4.69) is 26.0 Å². The molecule has 48 heavy (non-hydrogen) atoms. The van der Waals surface area contributed by atoms with Crippen molar-refractivity contribution in [3.8, 4) is 29.5 Å². The Balaban J connectivity index is 0.00000129. The summed E-state index contributed by atoms with van der Waals surface area (Å²) in [7, 11) is 1.66. The lowest BCUT2D eigenvalue weighted by molar-refractivity contribution is 0.182. The van der Waals surface area contributed by atoms with E-state index in [4.69, 9.17) is 27.4 Å². The number of benzene rings is 3. The summed E-state index contributed by atoms with van der Waals surface area (Å²) in [6.45, 7) is 8.68. The van der Waals surface area contributed by atoms with Crippen LogP contribution in [-0.2, 0) is 6.42 Å². The first-order valence-corrected chi connectivity index (χ1v) is 16.7. The molecule has 8 nitrogen and oxygen atoms in total. The Kier molecular flexibility index (Phi) is 9.59. The summed E-state index contributed by atoms with van der Waals surface area (Å²) < 4.78 is 32.4. The molecule has 3 fully saturated rings. The van der Waals surface area contributed by atoms with Crippen LogP contribution in [0.2, 0.25) is 0 Å². The topological polar surface area (TPSA) is 106 Å². The molecule has 10 heteroatoms. The van der Waals surface area contributed by atoms with E-state index in [1.165, 1.54) is 38.7 Å². The summed E-state index contributed by atoms with van der Waals surface area (Å²) in [5, 5.41) is 12.4. The molecule has 1 aromatic heterocycles. The number of piperazine rings is 1. The van der Waals surface area contributed by atoms with Gasteiger partial charge in [0.25, 0.3) is 0 Å². The van der Waals surface area contributed by atoms with E-state index in [-0.39, 0.29) is 27.9 Å². The minimum absolute atomic E-state index is 0.0777. The first kappa shape index (κ1) is 33.3. The monoisotopic (exact) mass is 648 g/mol. The average molecular weight is 649 g/mol. The molecule has 7 rings (SSSR count). The Morgan fingerprint density at radius 3 is 2.48 bits per heavy atom. The first-order chi connectivity index (χ1) is 23.3. The molecule has 0 saturated carbocycles. The Hall–Kier alpha value is -4.64. The molecule has 0 unspecified atom stereocenters. The molecule has 0 atom stereocenters. The number of fused-ring (bicyclic) bond motifs is 3. The van der Waals surface area contributed by atoms with Gasteiger partial charge in [-0.15, -0.1) is 6.42 Å². The van der Waals surface area contributed by atoms with Crippen LogP contribution in [0.3, 0.4) is 0 Å². The molecule has 3 saturated heterocycles. The molecule has 0 bridgehead atoms. The maximum atomic E-state index is 17.3. The van der Waals surface area contributed by atoms with Crippen LogP contribution in [0, 0.1) is 42.2 Å². The second kappa shape index (κ2) is 13.8. The number of aliphatic imine (C=N–C) groups is 1. The van der Waals surface area contributed by atoms with Crippen molar-refractivity contribution in [2.45, 2.75) is 57.9 Å². The van der Waals surface area contributed by atoms with Crippen molar-refractivity contribution in [2.75, 3.05) is 56.9 Å². The van der Waals surface area contributed by atoms with Crippen LogP contribution in [0.1, 0.15) is 61.5 Å². The standard InChI is InChI=1S/C36H39F2N7.C2H3N/c1-4-24-27(37)8-7-23-19-22(2)20-25(29(23)24)30-32(38)34-31(26(21-40-3)33(30)39)35(44-17-13-41-14-18-44)43-28(42-34)9-12-36-10-5-15-45(36)16-6-11-36;1-2-3/h1,7-8,19-21,41H,5-6,9-18,39H2,2-3H3;1H3.